The highest BCUT2D eigenvalue weighted by molar-refractivity contribution is 5.50. The summed E-state index contributed by atoms with van der Waals surface area (Å²) in [5.74, 6) is 1.20. The smallest absolute Gasteiger partial charge is 0.210 e. The van der Waals surface area contributed by atoms with Crippen LogP contribution in [0.15, 0.2) is 49.1 Å². The zero-order valence-corrected chi connectivity index (χ0v) is 14.6. The van der Waals surface area contributed by atoms with Gasteiger partial charge < -0.3 is 30.6 Å². The van der Waals surface area contributed by atoms with Crippen molar-refractivity contribution in [1.29, 1.82) is 0 Å². The van der Waals surface area contributed by atoms with E-state index in [0.717, 1.165) is 11.1 Å². The van der Waals surface area contributed by atoms with Crippen molar-refractivity contribution in [3.8, 4) is 22.8 Å². The third-order valence-electron chi connectivity index (χ3n) is 2.62. The minimum absolute atomic E-state index is 0.599. The van der Waals surface area contributed by atoms with E-state index >= 15 is 0 Å². The maximum atomic E-state index is 8.25. The Kier molecular flexibility index (Phi) is 9.97. The molecule has 4 aromatic rings. The first-order chi connectivity index (χ1) is 14.4. The number of pyridine rings is 2. The SMILES string of the molecule is O=[N+]([O-])[O-].O=[N+]([O-])[O-].c1c[nH+]cc(-c2nn[nH]n2)c1.c1c[nH+]cc(-c2nn[nH]n2)c1. The summed E-state index contributed by atoms with van der Waals surface area (Å²) in [6, 6.07) is 7.57. The van der Waals surface area contributed by atoms with Crippen molar-refractivity contribution in [2.24, 2.45) is 0 Å². The molecule has 0 fully saturated rings. The molecule has 0 aliphatic carbocycles. The van der Waals surface area contributed by atoms with Crippen molar-refractivity contribution in [2.75, 3.05) is 0 Å². The second kappa shape index (κ2) is 13.1. The Morgan fingerprint density at radius 1 is 0.733 bits per heavy atom. The molecule has 0 atom stereocenters. The molecule has 18 nitrogen and oxygen atoms in total. The van der Waals surface area contributed by atoms with Crippen molar-refractivity contribution >= 4 is 0 Å². The highest BCUT2D eigenvalue weighted by atomic mass is 16.9. The Morgan fingerprint density at radius 3 is 1.33 bits per heavy atom. The lowest BCUT2D eigenvalue weighted by Gasteiger charge is -1.84. The van der Waals surface area contributed by atoms with Gasteiger partial charge in [-0.15, -0.1) is 20.4 Å². The molecular formula is C12H12N12O6. The Morgan fingerprint density at radius 2 is 1.10 bits per heavy atom. The molecule has 4 heterocycles. The van der Waals surface area contributed by atoms with Crippen LogP contribution in [0.25, 0.3) is 22.8 Å². The molecule has 0 radical (unpaired) electrons. The van der Waals surface area contributed by atoms with Crippen LogP contribution < -0.4 is 9.97 Å². The molecular weight excluding hydrogens is 408 g/mol. The number of rotatable bonds is 2. The van der Waals surface area contributed by atoms with E-state index in [2.05, 4.69) is 51.2 Å². The third-order valence-corrected chi connectivity index (χ3v) is 2.62. The minimum Gasteiger partial charge on any atom is -0.356 e. The normalized spacial score (nSPS) is 8.80. The Labute approximate surface area is 164 Å². The van der Waals surface area contributed by atoms with Crippen molar-refractivity contribution in [3.05, 3.63) is 79.7 Å². The van der Waals surface area contributed by atoms with Gasteiger partial charge in [0.05, 0.1) is 21.3 Å². The van der Waals surface area contributed by atoms with Gasteiger partial charge in [0.25, 0.3) is 0 Å². The van der Waals surface area contributed by atoms with Crippen molar-refractivity contribution in [1.82, 2.24) is 41.2 Å². The van der Waals surface area contributed by atoms with Gasteiger partial charge in [-0.25, -0.2) is 9.97 Å². The number of nitrogens with one attached hydrogen (secondary N) is 4. The van der Waals surface area contributed by atoms with Gasteiger partial charge in [0, 0.05) is 12.1 Å². The lowest BCUT2D eigenvalue weighted by Crippen LogP contribution is -1.98. The number of aromatic amines is 4. The molecule has 4 rings (SSSR count). The van der Waals surface area contributed by atoms with E-state index in [0.29, 0.717) is 11.6 Å². The van der Waals surface area contributed by atoms with Gasteiger partial charge in [0.15, 0.2) is 24.8 Å². The molecule has 30 heavy (non-hydrogen) atoms. The molecule has 156 valence electrons. The maximum Gasteiger partial charge on any atom is 0.210 e. The molecule has 0 aliphatic rings. The number of H-pyrrole nitrogens is 4. The predicted molar refractivity (Wildman–Crippen MR) is 93.1 cm³/mol. The summed E-state index contributed by atoms with van der Waals surface area (Å²) in [7, 11) is 0. The third kappa shape index (κ3) is 10.1. The van der Waals surface area contributed by atoms with Crippen LogP contribution in [0.2, 0.25) is 0 Å². The van der Waals surface area contributed by atoms with Crippen molar-refractivity contribution in [3.63, 3.8) is 0 Å². The first-order valence-electron chi connectivity index (χ1n) is 7.43. The van der Waals surface area contributed by atoms with Crippen LogP contribution in [0.1, 0.15) is 0 Å². The highest BCUT2D eigenvalue weighted by Crippen LogP contribution is 2.07. The molecule has 0 saturated heterocycles. The summed E-state index contributed by atoms with van der Waals surface area (Å²) in [6.07, 6.45) is 7.27. The van der Waals surface area contributed by atoms with Crippen LogP contribution in [-0.2, 0) is 0 Å². The van der Waals surface area contributed by atoms with Crippen molar-refractivity contribution in [2.45, 2.75) is 0 Å². The number of tetrazole rings is 2. The zero-order chi connectivity index (χ0) is 22.2. The van der Waals surface area contributed by atoms with E-state index in [-0.39, 0.29) is 0 Å². The lowest BCUT2D eigenvalue weighted by atomic mass is 10.3. The fraction of sp³-hybridized carbons (Fsp3) is 0. The van der Waals surface area contributed by atoms with Crippen LogP contribution in [0.5, 0.6) is 0 Å². The average Bonchev–Trinajstić information content (AvgIpc) is 3.43. The van der Waals surface area contributed by atoms with E-state index < -0.39 is 10.2 Å². The van der Waals surface area contributed by atoms with E-state index in [4.69, 9.17) is 30.6 Å². The second-order valence-corrected chi connectivity index (χ2v) is 4.50. The second-order valence-electron chi connectivity index (χ2n) is 4.50. The summed E-state index contributed by atoms with van der Waals surface area (Å²) in [5, 5.41) is 56.4. The average molecular weight is 420 g/mol. The molecule has 0 aliphatic heterocycles. The highest BCUT2D eigenvalue weighted by Gasteiger charge is 2.03. The van der Waals surface area contributed by atoms with Gasteiger partial charge >= 0.3 is 0 Å². The standard InChI is InChI=1S/2C6H5N5.2NO3/c2*1-2-5(4-7-3-1)6-8-10-11-9-6;2*2-1(3)4/h2*1-4H,(H,8,9,10,11);;/q;;2*-1/p+2. The molecule has 0 spiro atoms. The molecule has 0 aromatic carbocycles. The number of hydrogen-bond donors (Lipinski definition) is 2. The fourth-order valence-corrected chi connectivity index (χ4v) is 1.63. The summed E-state index contributed by atoms with van der Waals surface area (Å²) in [5.41, 5.74) is 1.84. The van der Waals surface area contributed by atoms with Crippen LogP contribution in [-0.4, -0.2) is 51.4 Å². The number of aromatic nitrogens is 10. The van der Waals surface area contributed by atoms with E-state index in [1.54, 1.807) is 0 Å². The number of nitrogens with zero attached hydrogens (tertiary/aromatic N) is 8. The summed E-state index contributed by atoms with van der Waals surface area (Å²) >= 11 is 0. The van der Waals surface area contributed by atoms with Gasteiger partial charge in [0.2, 0.25) is 11.6 Å². The molecule has 4 aromatic heterocycles. The van der Waals surface area contributed by atoms with Crippen molar-refractivity contribution < 1.29 is 20.1 Å². The first-order valence-corrected chi connectivity index (χ1v) is 7.43. The summed E-state index contributed by atoms with van der Waals surface area (Å²) in [4.78, 5) is 22.4. The maximum absolute atomic E-state index is 8.25. The van der Waals surface area contributed by atoms with Gasteiger partial charge in [-0.2, -0.15) is 10.4 Å². The zero-order valence-electron chi connectivity index (χ0n) is 14.6. The van der Waals surface area contributed by atoms with Gasteiger partial charge in [-0.1, -0.05) is 0 Å². The monoisotopic (exact) mass is 420 g/mol. The minimum atomic E-state index is -1.75. The van der Waals surface area contributed by atoms with E-state index in [1.165, 1.54) is 0 Å². The lowest BCUT2D eigenvalue weighted by molar-refractivity contribution is -0.403. The fourth-order valence-electron chi connectivity index (χ4n) is 1.63. The number of hydrogen-bond acceptors (Lipinski definition) is 12. The Bertz CT molecular complexity index is 878. The quantitative estimate of drug-likeness (QED) is 0.288. The predicted octanol–water partition coefficient (Wildman–Crippen LogP) is -1.12. The topological polar surface area (TPSA) is 270 Å². The van der Waals surface area contributed by atoms with E-state index in [9.17, 15) is 0 Å². The van der Waals surface area contributed by atoms with E-state index in [1.807, 2.05) is 49.1 Å². The Balaban J connectivity index is 0.000000224. The van der Waals surface area contributed by atoms with Crippen LogP contribution in [0.4, 0.5) is 0 Å². The summed E-state index contributed by atoms with van der Waals surface area (Å²) < 4.78 is 0. The van der Waals surface area contributed by atoms with Crippen LogP contribution >= 0.6 is 0 Å². The Hall–Kier alpha value is -5.16. The largest absolute Gasteiger partial charge is 0.356 e. The molecule has 0 amide bonds. The molecule has 0 saturated carbocycles. The van der Waals surface area contributed by atoms with Crippen LogP contribution in [0, 0.1) is 30.6 Å². The van der Waals surface area contributed by atoms with Gasteiger partial charge in [0.1, 0.15) is 0 Å². The molecule has 4 N–H and O–H groups in total. The molecule has 18 heteroatoms. The van der Waals surface area contributed by atoms with Crippen LogP contribution in [0.3, 0.4) is 0 Å². The van der Waals surface area contributed by atoms with Gasteiger partial charge in [-0.05, 0) is 22.6 Å². The molecule has 0 bridgehead atoms. The molecule has 0 unspecified atom stereocenters. The first kappa shape index (κ1) is 22.9. The summed E-state index contributed by atoms with van der Waals surface area (Å²) in [6.45, 7) is 0. The van der Waals surface area contributed by atoms with Gasteiger partial charge in [-0.3, -0.25) is 0 Å².